The maximum absolute atomic E-state index is 11.4. The topological polar surface area (TPSA) is 66.6 Å². The molecule has 3 N–H and O–H groups in total. The van der Waals surface area contributed by atoms with Gasteiger partial charge in [-0.2, -0.15) is 0 Å². The Morgan fingerprint density at radius 3 is 2.24 bits per heavy atom. The lowest BCUT2D eigenvalue weighted by molar-refractivity contribution is 0.0721. The minimum absolute atomic E-state index is 0.271. The first-order valence-corrected chi connectivity index (χ1v) is 5.65. The molecule has 0 spiro atoms. The van der Waals surface area contributed by atoms with E-state index in [1.807, 2.05) is 51.1 Å². The van der Waals surface area contributed by atoms with E-state index >= 15 is 0 Å². The van der Waals surface area contributed by atoms with Crippen molar-refractivity contribution >= 4 is 6.09 Å². The highest BCUT2D eigenvalue weighted by Crippen LogP contribution is 2.27. The number of rotatable bonds is 3. The first-order chi connectivity index (χ1) is 7.88. The van der Waals surface area contributed by atoms with Crippen LogP contribution in [0.2, 0.25) is 0 Å². The highest BCUT2D eigenvalue weighted by molar-refractivity contribution is 5.67. The first-order valence-electron chi connectivity index (χ1n) is 5.65. The van der Waals surface area contributed by atoms with Crippen LogP contribution >= 0.6 is 0 Å². The molecule has 4 nitrogen and oxygen atoms in total. The van der Waals surface area contributed by atoms with E-state index < -0.39 is 11.6 Å². The van der Waals surface area contributed by atoms with Gasteiger partial charge in [0.15, 0.2) is 0 Å². The van der Waals surface area contributed by atoms with Crippen molar-refractivity contribution in [1.29, 1.82) is 0 Å². The summed E-state index contributed by atoms with van der Waals surface area (Å²) in [6.07, 6.45) is -0.947. The molecular weight excluding hydrogens is 216 g/mol. The quantitative estimate of drug-likeness (QED) is 0.847. The predicted molar refractivity (Wildman–Crippen MR) is 67.9 cm³/mol. The number of nitrogens with two attached hydrogens (primary N) is 1. The standard InChI is InChI=1S/C13H20N2O2/c1-13(2,3)15(12(16)17)11(9-14)10-7-5-4-6-8-10/h4-8,11H,9,14H2,1-3H3,(H,16,17)/t11-/m0/s1. The largest absolute Gasteiger partial charge is 0.465 e. The van der Waals surface area contributed by atoms with Crippen molar-refractivity contribution in [2.75, 3.05) is 6.54 Å². The molecule has 17 heavy (non-hydrogen) atoms. The fourth-order valence-electron chi connectivity index (χ4n) is 1.95. The summed E-state index contributed by atoms with van der Waals surface area (Å²) in [7, 11) is 0. The van der Waals surface area contributed by atoms with Crippen molar-refractivity contribution in [2.45, 2.75) is 32.4 Å². The number of carboxylic acid groups (broad SMARTS) is 1. The smallest absolute Gasteiger partial charge is 0.408 e. The van der Waals surface area contributed by atoms with Crippen molar-refractivity contribution in [3.63, 3.8) is 0 Å². The Hall–Kier alpha value is -1.55. The SMILES string of the molecule is CC(C)(C)N(C(=O)O)[C@@H](CN)c1ccccc1. The van der Waals surface area contributed by atoms with E-state index in [1.54, 1.807) is 0 Å². The van der Waals surface area contributed by atoms with Crippen LogP contribution in [0.3, 0.4) is 0 Å². The monoisotopic (exact) mass is 236 g/mol. The molecule has 0 aromatic heterocycles. The molecular formula is C13H20N2O2. The van der Waals surface area contributed by atoms with Crippen molar-refractivity contribution in [1.82, 2.24) is 4.90 Å². The van der Waals surface area contributed by atoms with Crippen LogP contribution < -0.4 is 5.73 Å². The van der Waals surface area contributed by atoms with Crippen LogP contribution in [0.4, 0.5) is 4.79 Å². The molecule has 0 saturated heterocycles. The van der Waals surface area contributed by atoms with Gasteiger partial charge in [-0.25, -0.2) is 4.79 Å². The lowest BCUT2D eigenvalue weighted by Gasteiger charge is -2.39. The van der Waals surface area contributed by atoms with Gasteiger partial charge in [0.05, 0.1) is 6.04 Å². The normalized spacial score (nSPS) is 13.2. The maximum Gasteiger partial charge on any atom is 0.408 e. The molecule has 4 heteroatoms. The van der Waals surface area contributed by atoms with Gasteiger partial charge in [0, 0.05) is 12.1 Å². The van der Waals surface area contributed by atoms with Crippen LogP contribution in [-0.2, 0) is 0 Å². The Bertz CT molecular complexity index is 371. The van der Waals surface area contributed by atoms with E-state index in [2.05, 4.69) is 0 Å². The Morgan fingerprint density at radius 1 is 1.35 bits per heavy atom. The Labute approximate surface area is 102 Å². The highest BCUT2D eigenvalue weighted by atomic mass is 16.4. The number of carbonyl (C=O) groups is 1. The van der Waals surface area contributed by atoms with Gasteiger partial charge >= 0.3 is 6.09 Å². The van der Waals surface area contributed by atoms with Gasteiger partial charge in [0.1, 0.15) is 0 Å². The summed E-state index contributed by atoms with van der Waals surface area (Å²) in [6, 6.07) is 9.17. The highest BCUT2D eigenvalue weighted by Gasteiger charge is 2.33. The van der Waals surface area contributed by atoms with E-state index in [0.717, 1.165) is 5.56 Å². The fraction of sp³-hybridized carbons (Fsp3) is 0.462. The molecule has 0 heterocycles. The second kappa shape index (κ2) is 5.19. The molecule has 1 amide bonds. The van der Waals surface area contributed by atoms with E-state index in [9.17, 15) is 9.90 Å². The van der Waals surface area contributed by atoms with E-state index in [0.29, 0.717) is 0 Å². The molecule has 94 valence electrons. The zero-order valence-electron chi connectivity index (χ0n) is 10.6. The van der Waals surface area contributed by atoms with Gasteiger partial charge in [-0.1, -0.05) is 30.3 Å². The van der Waals surface area contributed by atoms with E-state index in [1.165, 1.54) is 4.90 Å². The Kier molecular flexibility index (Phi) is 4.12. The zero-order valence-corrected chi connectivity index (χ0v) is 10.6. The van der Waals surface area contributed by atoms with Gasteiger partial charge in [0.25, 0.3) is 0 Å². The molecule has 1 rings (SSSR count). The van der Waals surface area contributed by atoms with Gasteiger partial charge in [0.2, 0.25) is 0 Å². The zero-order chi connectivity index (χ0) is 13.1. The van der Waals surface area contributed by atoms with Crippen LogP contribution in [0.1, 0.15) is 32.4 Å². The van der Waals surface area contributed by atoms with Crippen molar-refractivity contribution in [2.24, 2.45) is 5.73 Å². The van der Waals surface area contributed by atoms with E-state index in [4.69, 9.17) is 5.73 Å². The molecule has 0 saturated carbocycles. The van der Waals surface area contributed by atoms with Gasteiger partial charge < -0.3 is 10.8 Å². The van der Waals surface area contributed by atoms with Crippen molar-refractivity contribution < 1.29 is 9.90 Å². The summed E-state index contributed by atoms with van der Waals surface area (Å²) in [4.78, 5) is 12.8. The van der Waals surface area contributed by atoms with E-state index in [-0.39, 0.29) is 12.6 Å². The molecule has 0 aliphatic heterocycles. The summed E-state index contributed by atoms with van der Waals surface area (Å²) >= 11 is 0. The van der Waals surface area contributed by atoms with Crippen LogP contribution in [0.25, 0.3) is 0 Å². The Balaban J connectivity index is 3.11. The fourth-order valence-corrected chi connectivity index (χ4v) is 1.95. The maximum atomic E-state index is 11.4. The molecule has 1 aromatic carbocycles. The second-order valence-electron chi connectivity index (χ2n) is 4.99. The number of benzene rings is 1. The molecule has 0 aliphatic carbocycles. The summed E-state index contributed by atoms with van der Waals surface area (Å²) < 4.78 is 0. The number of nitrogens with zero attached hydrogens (tertiary/aromatic N) is 1. The molecule has 0 unspecified atom stereocenters. The number of hydrogen-bond acceptors (Lipinski definition) is 2. The lowest BCUT2D eigenvalue weighted by Crippen LogP contribution is -2.49. The first kappa shape index (κ1) is 13.5. The molecule has 0 radical (unpaired) electrons. The van der Waals surface area contributed by atoms with Crippen LogP contribution in [0.15, 0.2) is 30.3 Å². The molecule has 0 fully saturated rings. The second-order valence-corrected chi connectivity index (χ2v) is 4.99. The Morgan fingerprint density at radius 2 is 1.88 bits per heavy atom. The number of amides is 1. The minimum atomic E-state index is -0.947. The predicted octanol–water partition coefficient (Wildman–Crippen LogP) is 2.46. The van der Waals surface area contributed by atoms with Gasteiger partial charge in [-0.15, -0.1) is 0 Å². The lowest BCUT2D eigenvalue weighted by atomic mass is 9.98. The third-order valence-corrected chi connectivity index (χ3v) is 2.65. The third kappa shape index (κ3) is 3.20. The molecule has 0 bridgehead atoms. The summed E-state index contributed by atoms with van der Waals surface area (Å²) in [5.41, 5.74) is 6.18. The summed E-state index contributed by atoms with van der Waals surface area (Å²) in [5, 5.41) is 9.34. The van der Waals surface area contributed by atoms with Crippen LogP contribution in [0.5, 0.6) is 0 Å². The van der Waals surface area contributed by atoms with Crippen LogP contribution in [-0.4, -0.2) is 28.2 Å². The third-order valence-electron chi connectivity index (χ3n) is 2.65. The molecule has 1 atom stereocenters. The average Bonchev–Trinajstić information content (AvgIpc) is 2.24. The average molecular weight is 236 g/mol. The summed E-state index contributed by atoms with van der Waals surface area (Å²) in [6.45, 7) is 5.87. The number of hydrogen-bond donors (Lipinski definition) is 2. The minimum Gasteiger partial charge on any atom is -0.465 e. The van der Waals surface area contributed by atoms with Crippen LogP contribution in [0, 0.1) is 0 Å². The molecule has 1 aromatic rings. The van der Waals surface area contributed by atoms with Gasteiger partial charge in [-0.05, 0) is 26.3 Å². The van der Waals surface area contributed by atoms with Crippen molar-refractivity contribution in [3.05, 3.63) is 35.9 Å². The van der Waals surface area contributed by atoms with Gasteiger partial charge in [-0.3, -0.25) is 4.90 Å². The molecule has 0 aliphatic rings. The summed E-state index contributed by atoms with van der Waals surface area (Å²) in [5.74, 6) is 0. The van der Waals surface area contributed by atoms with Crippen molar-refractivity contribution in [3.8, 4) is 0 Å².